The van der Waals surface area contributed by atoms with Gasteiger partial charge < -0.3 is 9.67 Å². The molecule has 2 aromatic heterocycles. The highest BCUT2D eigenvalue weighted by molar-refractivity contribution is 7.16. The normalized spacial score (nSPS) is 14.1. The van der Waals surface area contributed by atoms with E-state index >= 15 is 0 Å². The molecular formula is C20H21NO4S. The molecule has 1 N–H and O–H groups in total. The number of hydrogen-bond donors (Lipinski definition) is 1. The Kier molecular flexibility index (Phi) is 4.96. The maximum Gasteiger partial charge on any atom is 0.328 e. The van der Waals surface area contributed by atoms with Crippen LogP contribution in [-0.4, -0.2) is 21.4 Å². The lowest BCUT2D eigenvalue weighted by Gasteiger charge is -2.10. The molecule has 1 aliphatic rings. The van der Waals surface area contributed by atoms with Crippen LogP contribution in [0.25, 0.3) is 16.5 Å². The van der Waals surface area contributed by atoms with Gasteiger partial charge in [0, 0.05) is 52.7 Å². The van der Waals surface area contributed by atoms with Gasteiger partial charge in [-0.2, -0.15) is 0 Å². The summed E-state index contributed by atoms with van der Waals surface area (Å²) in [5, 5.41) is 8.94. The molecule has 26 heavy (non-hydrogen) atoms. The van der Waals surface area contributed by atoms with Gasteiger partial charge in [-0.25, -0.2) is 4.79 Å². The second-order valence-corrected chi connectivity index (χ2v) is 8.05. The standard InChI is InChI=1S/C20H21NO4S/c1-11-12(2)26-20(19(11)16(22)8-13-4-5-13)15-10-21(3)17(23)9-14(15)6-7-18(24)25/h6-7,9-10,13H,4-5,8H2,1-3H3,(H,24,25)/b7-6+. The number of aliphatic carboxylic acids is 1. The third-order valence-electron chi connectivity index (χ3n) is 4.75. The minimum absolute atomic E-state index is 0.131. The molecule has 0 aliphatic heterocycles. The number of pyridine rings is 1. The number of carbonyl (C=O) groups is 2. The summed E-state index contributed by atoms with van der Waals surface area (Å²) in [5.74, 6) is -0.465. The first-order valence-corrected chi connectivity index (χ1v) is 9.34. The van der Waals surface area contributed by atoms with E-state index in [1.807, 2.05) is 13.8 Å². The number of thiophene rings is 1. The van der Waals surface area contributed by atoms with Crippen molar-refractivity contribution in [3.63, 3.8) is 0 Å². The molecule has 2 heterocycles. The van der Waals surface area contributed by atoms with E-state index in [9.17, 15) is 14.4 Å². The van der Waals surface area contributed by atoms with Gasteiger partial charge in [0.05, 0.1) is 0 Å². The van der Waals surface area contributed by atoms with Gasteiger partial charge in [-0.05, 0) is 49.8 Å². The quantitative estimate of drug-likeness (QED) is 0.619. The molecule has 136 valence electrons. The molecule has 0 saturated heterocycles. The van der Waals surface area contributed by atoms with E-state index in [1.165, 1.54) is 28.0 Å². The van der Waals surface area contributed by atoms with Crippen LogP contribution in [0.4, 0.5) is 0 Å². The molecule has 0 spiro atoms. The van der Waals surface area contributed by atoms with Gasteiger partial charge in [0.1, 0.15) is 0 Å². The fraction of sp³-hybridized carbons (Fsp3) is 0.350. The van der Waals surface area contributed by atoms with Gasteiger partial charge in [0.2, 0.25) is 0 Å². The monoisotopic (exact) mass is 371 g/mol. The van der Waals surface area contributed by atoms with E-state index in [0.717, 1.165) is 34.2 Å². The number of carboxylic acids is 1. The molecule has 5 nitrogen and oxygen atoms in total. The minimum Gasteiger partial charge on any atom is -0.478 e. The highest BCUT2D eigenvalue weighted by Crippen LogP contribution is 2.41. The predicted octanol–water partition coefficient (Wildman–Crippen LogP) is 3.81. The summed E-state index contributed by atoms with van der Waals surface area (Å²) in [7, 11) is 1.65. The van der Waals surface area contributed by atoms with Gasteiger partial charge in [-0.15, -0.1) is 11.3 Å². The first kappa shape index (κ1) is 18.3. The lowest BCUT2D eigenvalue weighted by Crippen LogP contribution is -2.16. The van der Waals surface area contributed by atoms with E-state index in [-0.39, 0.29) is 11.3 Å². The third-order valence-corrected chi connectivity index (χ3v) is 5.99. The number of ketones is 1. The molecule has 0 unspecified atom stereocenters. The van der Waals surface area contributed by atoms with Crippen molar-refractivity contribution in [2.24, 2.45) is 13.0 Å². The van der Waals surface area contributed by atoms with Crippen LogP contribution in [0.2, 0.25) is 0 Å². The number of carboxylic acid groups (broad SMARTS) is 1. The Labute approximate surface area is 155 Å². The number of nitrogens with zero attached hydrogens (tertiary/aromatic N) is 1. The van der Waals surface area contributed by atoms with Crippen molar-refractivity contribution >= 4 is 29.2 Å². The van der Waals surface area contributed by atoms with Crippen LogP contribution in [0.1, 0.15) is 45.6 Å². The lowest BCUT2D eigenvalue weighted by atomic mass is 9.97. The average molecular weight is 371 g/mol. The van der Waals surface area contributed by atoms with Crippen molar-refractivity contribution in [1.82, 2.24) is 4.57 Å². The zero-order valence-electron chi connectivity index (χ0n) is 15.0. The lowest BCUT2D eigenvalue weighted by molar-refractivity contribution is -0.131. The molecule has 1 fully saturated rings. The van der Waals surface area contributed by atoms with Gasteiger partial charge in [0.25, 0.3) is 5.56 Å². The van der Waals surface area contributed by atoms with Crippen LogP contribution in [0.3, 0.4) is 0 Å². The van der Waals surface area contributed by atoms with E-state index in [4.69, 9.17) is 5.11 Å². The van der Waals surface area contributed by atoms with Gasteiger partial charge >= 0.3 is 5.97 Å². The molecule has 6 heteroatoms. The molecule has 0 atom stereocenters. The zero-order chi connectivity index (χ0) is 19.0. The molecule has 1 aliphatic carbocycles. The van der Waals surface area contributed by atoms with Crippen molar-refractivity contribution in [2.75, 3.05) is 0 Å². The zero-order valence-corrected chi connectivity index (χ0v) is 15.9. The highest BCUT2D eigenvalue weighted by Gasteiger charge is 2.29. The Morgan fingerprint density at radius 3 is 2.65 bits per heavy atom. The number of aromatic nitrogens is 1. The molecule has 1 saturated carbocycles. The molecule has 3 rings (SSSR count). The average Bonchev–Trinajstić information content (AvgIpc) is 3.33. The Hall–Kier alpha value is -2.47. The smallest absolute Gasteiger partial charge is 0.328 e. The molecule has 2 aromatic rings. The fourth-order valence-electron chi connectivity index (χ4n) is 2.97. The largest absolute Gasteiger partial charge is 0.478 e. The Bertz CT molecular complexity index is 976. The predicted molar refractivity (Wildman–Crippen MR) is 103 cm³/mol. The summed E-state index contributed by atoms with van der Waals surface area (Å²) >= 11 is 1.52. The van der Waals surface area contributed by atoms with Crippen molar-refractivity contribution in [3.05, 3.63) is 50.3 Å². The molecular weight excluding hydrogens is 350 g/mol. The fourth-order valence-corrected chi connectivity index (χ4v) is 4.18. The van der Waals surface area contributed by atoms with Crippen LogP contribution in [-0.2, 0) is 11.8 Å². The Morgan fingerprint density at radius 1 is 1.35 bits per heavy atom. The SMILES string of the molecule is Cc1sc(-c2cn(C)c(=O)cc2/C=C/C(=O)O)c(C(=O)CC2CC2)c1C. The van der Waals surface area contributed by atoms with Crippen molar-refractivity contribution in [1.29, 1.82) is 0 Å². The summed E-state index contributed by atoms with van der Waals surface area (Å²) in [6.07, 6.45) is 6.87. The Morgan fingerprint density at radius 2 is 2.04 bits per heavy atom. The number of hydrogen-bond acceptors (Lipinski definition) is 4. The topological polar surface area (TPSA) is 76.4 Å². The summed E-state index contributed by atoms with van der Waals surface area (Å²) in [6.45, 7) is 3.93. The van der Waals surface area contributed by atoms with E-state index in [0.29, 0.717) is 29.0 Å². The molecule has 0 bridgehead atoms. The summed E-state index contributed by atoms with van der Waals surface area (Å²) in [6, 6.07) is 1.41. The number of Topliss-reactive ketones (excluding diaryl/α,β-unsaturated/α-hetero) is 1. The molecule has 0 amide bonds. The second-order valence-electron chi connectivity index (χ2n) is 6.82. The molecule has 0 aromatic carbocycles. The van der Waals surface area contributed by atoms with Crippen LogP contribution < -0.4 is 5.56 Å². The maximum atomic E-state index is 12.9. The first-order valence-electron chi connectivity index (χ1n) is 8.53. The first-order chi connectivity index (χ1) is 12.3. The molecule has 0 radical (unpaired) electrons. The number of aryl methyl sites for hydroxylation is 2. The second kappa shape index (κ2) is 7.03. The van der Waals surface area contributed by atoms with E-state index in [1.54, 1.807) is 13.2 Å². The third kappa shape index (κ3) is 3.70. The summed E-state index contributed by atoms with van der Waals surface area (Å²) < 4.78 is 1.45. The maximum absolute atomic E-state index is 12.9. The van der Waals surface area contributed by atoms with Crippen LogP contribution in [0, 0.1) is 19.8 Å². The van der Waals surface area contributed by atoms with Gasteiger partial charge in [-0.1, -0.05) is 0 Å². The van der Waals surface area contributed by atoms with Crippen LogP contribution in [0.5, 0.6) is 0 Å². The number of carbonyl (C=O) groups excluding carboxylic acids is 1. The van der Waals surface area contributed by atoms with Crippen molar-refractivity contribution < 1.29 is 14.7 Å². The van der Waals surface area contributed by atoms with Crippen LogP contribution in [0.15, 0.2) is 23.1 Å². The van der Waals surface area contributed by atoms with Gasteiger partial charge in [-0.3, -0.25) is 9.59 Å². The summed E-state index contributed by atoms with van der Waals surface area (Å²) in [4.78, 5) is 37.7. The summed E-state index contributed by atoms with van der Waals surface area (Å²) in [5.41, 5.74) is 2.68. The number of rotatable bonds is 6. The van der Waals surface area contributed by atoms with Crippen LogP contribution >= 0.6 is 11.3 Å². The van der Waals surface area contributed by atoms with Crippen molar-refractivity contribution in [3.8, 4) is 10.4 Å². The van der Waals surface area contributed by atoms with E-state index < -0.39 is 5.97 Å². The van der Waals surface area contributed by atoms with Gasteiger partial charge in [0.15, 0.2) is 5.78 Å². The van der Waals surface area contributed by atoms with Crippen molar-refractivity contribution in [2.45, 2.75) is 33.1 Å². The highest BCUT2D eigenvalue weighted by atomic mass is 32.1. The minimum atomic E-state index is -1.08. The Balaban J connectivity index is 2.18. The van der Waals surface area contributed by atoms with E-state index in [2.05, 4.69) is 0 Å².